The summed E-state index contributed by atoms with van der Waals surface area (Å²) < 4.78 is 70.5. The predicted octanol–water partition coefficient (Wildman–Crippen LogP) is 4.78. The normalized spacial score (nSPS) is 26.1. The largest absolute Gasteiger partial charge is 0.534 e. The van der Waals surface area contributed by atoms with E-state index in [2.05, 4.69) is 42.9 Å². The summed E-state index contributed by atoms with van der Waals surface area (Å²) >= 11 is 0. The van der Waals surface area contributed by atoms with Crippen LogP contribution in [0.5, 0.6) is 0 Å². The van der Waals surface area contributed by atoms with E-state index in [9.17, 15) is 21.6 Å². The number of nitrogens with zero attached hydrogens (tertiary/aromatic N) is 1. The molecule has 2 atom stereocenters. The Balaban J connectivity index is 1.94. The molecule has 0 amide bonds. The second-order valence-corrected chi connectivity index (χ2v) is 15.5. The number of hydrogen-bond donors (Lipinski definition) is 0. The lowest BCUT2D eigenvalue weighted by Crippen LogP contribution is -2.51. The third-order valence-electron chi connectivity index (χ3n) is 6.04. The highest BCUT2D eigenvalue weighted by Gasteiger charge is 2.49. The van der Waals surface area contributed by atoms with Gasteiger partial charge in [0.25, 0.3) is 0 Å². The number of likely N-dealkylation sites (tertiary alicyclic amines) is 1. The fourth-order valence-electron chi connectivity index (χ4n) is 3.38. The molecule has 164 valence electrons. The maximum Gasteiger partial charge on any atom is 0.534 e. The van der Waals surface area contributed by atoms with Crippen LogP contribution in [0.2, 0.25) is 18.1 Å². The van der Waals surface area contributed by atoms with Gasteiger partial charge in [0.1, 0.15) is 5.76 Å². The molecule has 2 rings (SSSR count). The fourth-order valence-corrected chi connectivity index (χ4v) is 5.29. The number of allylic oxidation sites excluding steroid dienone is 1. The first kappa shape index (κ1) is 23.7. The van der Waals surface area contributed by atoms with Crippen LogP contribution >= 0.6 is 0 Å². The van der Waals surface area contributed by atoms with Crippen LogP contribution in [0.15, 0.2) is 11.8 Å². The molecule has 0 saturated carbocycles. The molecule has 0 N–H and O–H groups in total. The van der Waals surface area contributed by atoms with Gasteiger partial charge in [-0.1, -0.05) is 20.8 Å². The lowest BCUT2D eigenvalue weighted by molar-refractivity contribution is -0.0525. The molecule has 0 radical (unpaired) electrons. The lowest BCUT2D eigenvalue weighted by Gasteiger charge is -2.44. The van der Waals surface area contributed by atoms with E-state index in [1.807, 2.05) is 0 Å². The zero-order valence-corrected chi connectivity index (χ0v) is 19.1. The van der Waals surface area contributed by atoms with Gasteiger partial charge in [-0.05, 0) is 56.4 Å². The molecule has 0 spiro atoms. The van der Waals surface area contributed by atoms with Gasteiger partial charge >= 0.3 is 15.6 Å². The van der Waals surface area contributed by atoms with Crippen molar-refractivity contribution in [1.29, 1.82) is 0 Å². The molecule has 0 aromatic carbocycles. The van der Waals surface area contributed by atoms with E-state index in [1.165, 1.54) is 6.08 Å². The van der Waals surface area contributed by atoms with E-state index in [0.29, 0.717) is 12.8 Å². The average Bonchev–Trinajstić information content (AvgIpc) is 2.53. The van der Waals surface area contributed by atoms with E-state index in [0.717, 1.165) is 25.9 Å². The van der Waals surface area contributed by atoms with Gasteiger partial charge in [0.15, 0.2) is 8.32 Å². The molecule has 1 heterocycles. The highest BCUT2D eigenvalue weighted by Crippen LogP contribution is 2.39. The summed E-state index contributed by atoms with van der Waals surface area (Å²) in [6.45, 7) is 12.8. The van der Waals surface area contributed by atoms with Crippen LogP contribution in [0.4, 0.5) is 13.2 Å². The first-order valence-corrected chi connectivity index (χ1v) is 14.1. The highest BCUT2D eigenvalue weighted by molar-refractivity contribution is 7.87. The predicted molar refractivity (Wildman–Crippen MR) is 105 cm³/mol. The van der Waals surface area contributed by atoms with Crippen LogP contribution in [-0.2, 0) is 18.7 Å². The van der Waals surface area contributed by atoms with E-state index >= 15 is 0 Å². The van der Waals surface area contributed by atoms with Crippen molar-refractivity contribution in [3.8, 4) is 0 Å². The van der Waals surface area contributed by atoms with Crippen molar-refractivity contribution in [3.05, 3.63) is 11.8 Å². The minimum absolute atomic E-state index is 0.111. The van der Waals surface area contributed by atoms with Crippen molar-refractivity contribution >= 4 is 18.4 Å². The van der Waals surface area contributed by atoms with Gasteiger partial charge in [0, 0.05) is 19.0 Å². The highest BCUT2D eigenvalue weighted by atomic mass is 32.2. The van der Waals surface area contributed by atoms with Gasteiger partial charge in [0.2, 0.25) is 0 Å². The van der Waals surface area contributed by atoms with Crippen LogP contribution in [0.3, 0.4) is 0 Å². The molecule has 1 aliphatic heterocycles. The van der Waals surface area contributed by atoms with Crippen LogP contribution in [0.1, 0.15) is 52.9 Å². The van der Waals surface area contributed by atoms with Gasteiger partial charge in [-0.25, -0.2) is 0 Å². The summed E-state index contributed by atoms with van der Waals surface area (Å²) in [6.07, 6.45) is 4.93. The van der Waals surface area contributed by atoms with Crippen molar-refractivity contribution < 1.29 is 30.2 Å². The Labute approximate surface area is 167 Å². The molecule has 1 fully saturated rings. The zero-order chi connectivity index (χ0) is 21.4. The second-order valence-electron chi connectivity index (χ2n) is 9.22. The van der Waals surface area contributed by atoms with Crippen LogP contribution < -0.4 is 0 Å². The van der Waals surface area contributed by atoms with Gasteiger partial charge in [-0.15, -0.1) is 0 Å². The minimum atomic E-state index is -5.58. The monoisotopic (exact) mass is 443 g/mol. The standard InChI is InChI=1S/C18H32F3NO4SSi/c1-17(2,3)28(4,5)26-16-7-6-12-22(13-16)14-8-10-15(11-9-14)25-27(23,24)18(19,20)21/h10,14,16H,6-9,11-13H2,1-5H3/t14?,16-/m0/s1. The van der Waals surface area contributed by atoms with Gasteiger partial charge in [-0.3, -0.25) is 4.90 Å². The van der Waals surface area contributed by atoms with Crippen molar-refractivity contribution in [2.24, 2.45) is 0 Å². The Hall–Kier alpha value is -0.583. The van der Waals surface area contributed by atoms with Crippen molar-refractivity contribution in [1.82, 2.24) is 4.90 Å². The second kappa shape index (κ2) is 8.27. The quantitative estimate of drug-likeness (QED) is 0.348. The number of halogens is 3. The summed E-state index contributed by atoms with van der Waals surface area (Å²) in [7, 11) is -7.44. The van der Waals surface area contributed by atoms with Crippen LogP contribution in [0.25, 0.3) is 0 Å². The Kier molecular flexibility index (Phi) is 7.00. The number of hydrogen-bond acceptors (Lipinski definition) is 5. The summed E-state index contributed by atoms with van der Waals surface area (Å²) in [5, 5.41) is 0.138. The molecular weight excluding hydrogens is 411 g/mol. The van der Waals surface area contributed by atoms with Crippen LogP contribution in [0, 0.1) is 0 Å². The molecule has 10 heteroatoms. The molecule has 1 aliphatic carbocycles. The SMILES string of the molecule is CC(C)(C)[Si](C)(C)O[C@H]1CCCN(C2CC=C(OS(=O)(=O)C(F)(F)F)CC2)C1. The molecule has 5 nitrogen and oxygen atoms in total. The first-order chi connectivity index (χ1) is 12.6. The average molecular weight is 444 g/mol. The summed E-state index contributed by atoms with van der Waals surface area (Å²) in [4.78, 5) is 2.33. The van der Waals surface area contributed by atoms with Gasteiger partial charge in [0.05, 0.1) is 6.10 Å². The van der Waals surface area contributed by atoms with E-state index in [1.54, 1.807) is 0 Å². The van der Waals surface area contributed by atoms with Crippen molar-refractivity contribution in [2.45, 2.75) is 88.7 Å². The molecule has 0 bridgehead atoms. The molecule has 28 heavy (non-hydrogen) atoms. The topological polar surface area (TPSA) is 55.8 Å². The fraction of sp³-hybridized carbons (Fsp3) is 0.889. The Morgan fingerprint density at radius 1 is 1.18 bits per heavy atom. The van der Waals surface area contributed by atoms with E-state index in [4.69, 9.17) is 4.43 Å². The molecule has 1 unspecified atom stereocenters. The van der Waals surface area contributed by atoms with Crippen LogP contribution in [-0.4, -0.2) is 52.4 Å². The van der Waals surface area contributed by atoms with Gasteiger partial charge < -0.3 is 8.61 Å². The molecule has 0 aromatic rings. The maximum atomic E-state index is 12.5. The third kappa shape index (κ3) is 5.73. The molecule has 0 aromatic heterocycles. The molecule has 1 saturated heterocycles. The number of piperidine rings is 1. The summed E-state index contributed by atoms with van der Waals surface area (Å²) in [5.41, 5.74) is -5.40. The summed E-state index contributed by atoms with van der Waals surface area (Å²) in [5.74, 6) is -0.111. The Morgan fingerprint density at radius 2 is 1.82 bits per heavy atom. The third-order valence-corrected chi connectivity index (χ3v) is 11.6. The zero-order valence-electron chi connectivity index (χ0n) is 17.3. The minimum Gasteiger partial charge on any atom is -0.413 e. The number of rotatable bonds is 5. The maximum absolute atomic E-state index is 12.5. The summed E-state index contributed by atoms with van der Waals surface area (Å²) in [6, 6.07) is 0.173. The lowest BCUT2D eigenvalue weighted by atomic mass is 9.96. The Morgan fingerprint density at radius 3 is 2.32 bits per heavy atom. The Bertz CT molecular complexity index is 686. The van der Waals surface area contributed by atoms with E-state index < -0.39 is 23.9 Å². The van der Waals surface area contributed by atoms with Crippen molar-refractivity contribution in [3.63, 3.8) is 0 Å². The van der Waals surface area contributed by atoms with Crippen molar-refractivity contribution in [2.75, 3.05) is 13.1 Å². The molecular formula is C18H32F3NO4SSi. The number of alkyl halides is 3. The molecule has 2 aliphatic rings. The van der Waals surface area contributed by atoms with Gasteiger partial charge in [-0.2, -0.15) is 21.6 Å². The van der Waals surface area contributed by atoms with E-state index in [-0.39, 0.29) is 29.4 Å². The first-order valence-electron chi connectivity index (χ1n) is 9.74. The smallest absolute Gasteiger partial charge is 0.413 e.